The fourth-order valence-electron chi connectivity index (χ4n) is 8.13. The highest BCUT2D eigenvalue weighted by atomic mass is 16.2. The molecule has 0 saturated carbocycles. The van der Waals surface area contributed by atoms with E-state index in [0.29, 0.717) is 51.9 Å². The average Bonchev–Trinajstić information content (AvgIpc) is 3.66. The predicted molar refractivity (Wildman–Crippen MR) is 223 cm³/mol. The molecule has 2 aliphatic heterocycles. The van der Waals surface area contributed by atoms with Crippen molar-refractivity contribution in [2.24, 2.45) is 11.7 Å². The van der Waals surface area contributed by atoms with Crippen molar-refractivity contribution in [3.8, 4) is 0 Å². The molecule has 4 aromatic carbocycles. The second-order valence-electron chi connectivity index (χ2n) is 15.5. The molecule has 13 nitrogen and oxygen atoms in total. The summed E-state index contributed by atoms with van der Waals surface area (Å²) in [6.07, 6.45) is 4.13. The monoisotopic (exact) mass is 784 g/mol. The Hall–Kier alpha value is -6.05. The van der Waals surface area contributed by atoms with E-state index in [1.54, 1.807) is 0 Å². The number of fused-ring (bicyclic) bond motifs is 2. The molecule has 1 aromatic heterocycles. The van der Waals surface area contributed by atoms with Crippen molar-refractivity contribution in [3.63, 3.8) is 0 Å². The molecule has 5 aromatic rings. The van der Waals surface area contributed by atoms with Crippen LogP contribution in [0.25, 0.3) is 21.7 Å². The van der Waals surface area contributed by atoms with Gasteiger partial charge in [-0.25, -0.2) is 0 Å². The third kappa shape index (κ3) is 9.72. The van der Waals surface area contributed by atoms with E-state index >= 15 is 0 Å². The molecule has 58 heavy (non-hydrogen) atoms. The summed E-state index contributed by atoms with van der Waals surface area (Å²) in [5.41, 5.74) is 7.88. The Kier molecular flexibility index (Phi) is 12.8. The van der Waals surface area contributed by atoms with Gasteiger partial charge in [0.25, 0.3) is 0 Å². The number of amides is 5. The average molecular weight is 785 g/mol. The lowest BCUT2D eigenvalue weighted by atomic mass is 9.87. The van der Waals surface area contributed by atoms with Gasteiger partial charge in [-0.2, -0.15) is 0 Å². The van der Waals surface area contributed by atoms with Gasteiger partial charge in [-0.15, -0.1) is 0 Å². The van der Waals surface area contributed by atoms with Crippen LogP contribution in [0.4, 0.5) is 0 Å². The number of benzene rings is 4. The first-order valence-corrected chi connectivity index (χ1v) is 20.2. The number of nitrogens with one attached hydrogen (secondary N) is 7. The zero-order valence-corrected chi connectivity index (χ0v) is 32.5. The van der Waals surface area contributed by atoms with Crippen LogP contribution in [0.3, 0.4) is 0 Å². The Bertz CT molecular complexity index is 2250. The number of rotatable bonds is 15. The SMILES string of the molecule is NC(=O)C1(NC(=O)[C@H](Cc2ccccc2)NC(=O)[C@@H](Cc2c[nH]c3ccccc23)NC(=O)[C@@H](Cc2ccc3ccccc3c2)NC(=O)C2CCNCC2)CCNCC1. The molecule has 3 heterocycles. The minimum Gasteiger partial charge on any atom is -0.368 e. The van der Waals surface area contributed by atoms with Gasteiger partial charge in [-0.1, -0.05) is 91.0 Å². The maximum absolute atomic E-state index is 14.6. The van der Waals surface area contributed by atoms with Crippen molar-refractivity contribution in [2.75, 3.05) is 26.2 Å². The van der Waals surface area contributed by atoms with Crippen molar-refractivity contribution < 1.29 is 24.0 Å². The molecule has 5 amide bonds. The maximum atomic E-state index is 14.6. The molecule has 0 unspecified atom stereocenters. The number of H-pyrrole nitrogens is 1. The van der Waals surface area contributed by atoms with E-state index in [1.165, 1.54) is 0 Å². The number of para-hydroxylation sites is 1. The normalized spacial score (nSPS) is 17.1. The van der Waals surface area contributed by atoms with Gasteiger partial charge in [0, 0.05) is 42.3 Å². The summed E-state index contributed by atoms with van der Waals surface area (Å²) in [4.78, 5) is 73.1. The van der Waals surface area contributed by atoms with Gasteiger partial charge in [0.15, 0.2) is 0 Å². The Morgan fingerprint density at radius 2 is 1.24 bits per heavy atom. The summed E-state index contributed by atoms with van der Waals surface area (Å²) < 4.78 is 0. The molecule has 13 heteroatoms. The molecule has 2 saturated heterocycles. The van der Waals surface area contributed by atoms with Gasteiger partial charge >= 0.3 is 0 Å². The topological polar surface area (TPSA) is 199 Å². The van der Waals surface area contributed by atoms with Crippen molar-refractivity contribution in [1.29, 1.82) is 0 Å². The van der Waals surface area contributed by atoms with E-state index < -0.39 is 47.3 Å². The summed E-state index contributed by atoms with van der Waals surface area (Å²) in [5.74, 6) is -2.77. The quantitative estimate of drug-likeness (QED) is 0.0798. The number of nitrogens with two attached hydrogens (primary N) is 1. The minimum atomic E-state index is -1.28. The van der Waals surface area contributed by atoms with E-state index in [1.807, 2.05) is 103 Å². The number of hydrogen-bond donors (Lipinski definition) is 8. The van der Waals surface area contributed by atoms with E-state index in [-0.39, 0.29) is 31.1 Å². The van der Waals surface area contributed by atoms with Crippen LogP contribution in [0.5, 0.6) is 0 Å². The van der Waals surface area contributed by atoms with E-state index in [0.717, 1.165) is 38.4 Å². The van der Waals surface area contributed by atoms with Gasteiger partial charge in [0.05, 0.1) is 0 Å². The summed E-state index contributed by atoms with van der Waals surface area (Å²) in [6.45, 7) is 2.40. The molecule has 7 rings (SSSR count). The van der Waals surface area contributed by atoms with Crippen LogP contribution in [0.1, 0.15) is 42.4 Å². The first kappa shape index (κ1) is 40.2. The van der Waals surface area contributed by atoms with Crippen molar-refractivity contribution >= 4 is 51.2 Å². The lowest BCUT2D eigenvalue weighted by molar-refractivity contribution is -0.136. The standard InChI is InChI=1S/C45H52N8O5/c46-44(58)45(18-22-48-23-19-45)53-43(57)38(25-29-8-2-1-3-9-29)51-42(56)39(27-34-28-49-36-13-7-6-12-35(34)36)52-41(55)37(50-40(54)32-16-20-47-21-17-32)26-30-14-15-31-10-4-5-11-33(31)24-30/h1-15,24,28,32,37-39,47-49H,16-23,25-27H2,(H2,46,58)(H,50,54)(H,51,56)(H,52,55)(H,53,57)/t37-,38+,39-/m1/s1. The molecular weight excluding hydrogens is 733 g/mol. The molecule has 0 bridgehead atoms. The number of hydrogen-bond acceptors (Lipinski definition) is 7. The Labute approximate surface area is 337 Å². The fourth-order valence-corrected chi connectivity index (χ4v) is 8.13. The van der Waals surface area contributed by atoms with Crippen LogP contribution in [0.15, 0.2) is 103 Å². The highest BCUT2D eigenvalue weighted by molar-refractivity contribution is 5.97. The third-order valence-electron chi connectivity index (χ3n) is 11.5. The number of primary amides is 1. The molecule has 3 atom stereocenters. The zero-order chi connectivity index (χ0) is 40.5. The molecule has 2 fully saturated rings. The summed E-state index contributed by atoms with van der Waals surface area (Å²) in [6, 6.07) is 27.6. The van der Waals surface area contributed by atoms with E-state index in [2.05, 4.69) is 36.9 Å². The van der Waals surface area contributed by atoms with Crippen LogP contribution in [-0.4, -0.2) is 84.4 Å². The number of carbonyl (C=O) groups excluding carboxylic acids is 5. The maximum Gasteiger partial charge on any atom is 0.243 e. The van der Waals surface area contributed by atoms with Crippen molar-refractivity contribution in [3.05, 3.63) is 120 Å². The highest BCUT2D eigenvalue weighted by Gasteiger charge is 2.41. The van der Waals surface area contributed by atoms with Gasteiger partial charge < -0.3 is 42.6 Å². The molecule has 302 valence electrons. The summed E-state index contributed by atoms with van der Waals surface area (Å²) in [7, 11) is 0. The summed E-state index contributed by atoms with van der Waals surface area (Å²) in [5, 5.41) is 21.3. The first-order chi connectivity index (χ1) is 28.2. The molecule has 0 spiro atoms. The van der Waals surface area contributed by atoms with Crippen LogP contribution < -0.4 is 37.6 Å². The van der Waals surface area contributed by atoms with Gasteiger partial charge in [-0.05, 0) is 85.4 Å². The molecular formula is C45H52N8O5. The second kappa shape index (κ2) is 18.5. The molecule has 2 aliphatic rings. The molecule has 9 N–H and O–H groups in total. The second-order valence-corrected chi connectivity index (χ2v) is 15.5. The minimum absolute atomic E-state index is 0.0864. The number of aromatic nitrogens is 1. The Morgan fingerprint density at radius 3 is 1.97 bits per heavy atom. The van der Waals surface area contributed by atoms with E-state index in [4.69, 9.17) is 5.73 Å². The first-order valence-electron chi connectivity index (χ1n) is 20.2. The van der Waals surface area contributed by atoms with Crippen LogP contribution in [-0.2, 0) is 43.2 Å². The zero-order valence-electron chi connectivity index (χ0n) is 32.5. The molecule has 0 radical (unpaired) electrons. The predicted octanol–water partition coefficient (Wildman–Crippen LogP) is 2.53. The molecule has 0 aliphatic carbocycles. The number of piperidine rings is 2. The van der Waals surface area contributed by atoms with Crippen LogP contribution >= 0.6 is 0 Å². The van der Waals surface area contributed by atoms with Crippen molar-refractivity contribution in [2.45, 2.75) is 68.6 Å². The number of carbonyl (C=O) groups is 5. The van der Waals surface area contributed by atoms with Gasteiger partial charge in [0.2, 0.25) is 29.5 Å². The highest BCUT2D eigenvalue weighted by Crippen LogP contribution is 2.22. The third-order valence-corrected chi connectivity index (χ3v) is 11.5. The Balaban J connectivity index is 1.18. The summed E-state index contributed by atoms with van der Waals surface area (Å²) >= 11 is 0. The lowest BCUT2D eigenvalue weighted by Crippen LogP contribution is -2.65. The van der Waals surface area contributed by atoms with Crippen molar-refractivity contribution in [1.82, 2.24) is 36.9 Å². The number of aromatic amines is 1. The fraction of sp³-hybridized carbons (Fsp3) is 0.356. The van der Waals surface area contributed by atoms with Gasteiger partial charge in [0.1, 0.15) is 23.7 Å². The van der Waals surface area contributed by atoms with E-state index in [9.17, 15) is 24.0 Å². The van der Waals surface area contributed by atoms with Crippen LogP contribution in [0, 0.1) is 5.92 Å². The largest absolute Gasteiger partial charge is 0.368 e. The lowest BCUT2D eigenvalue weighted by Gasteiger charge is -2.36. The van der Waals surface area contributed by atoms with Gasteiger partial charge in [-0.3, -0.25) is 24.0 Å². The Morgan fingerprint density at radius 1 is 0.638 bits per heavy atom. The smallest absolute Gasteiger partial charge is 0.243 e. The van der Waals surface area contributed by atoms with Crippen LogP contribution in [0.2, 0.25) is 0 Å².